The lowest BCUT2D eigenvalue weighted by Gasteiger charge is -1.94. The second-order valence-corrected chi connectivity index (χ2v) is 2.35. The largest absolute Gasteiger partial charge is 0.377 e. The molecule has 1 rings (SSSR count). The van der Waals surface area contributed by atoms with Crippen LogP contribution in [0, 0.1) is 0 Å². The predicted molar refractivity (Wildman–Crippen MR) is 40.8 cm³/mol. The lowest BCUT2D eigenvalue weighted by molar-refractivity contribution is -0.454. The van der Waals surface area contributed by atoms with Crippen molar-refractivity contribution in [2.24, 2.45) is 0 Å². The van der Waals surface area contributed by atoms with Crippen LogP contribution >= 0.6 is 0 Å². The smallest absolute Gasteiger partial charge is 0.254 e. The van der Waals surface area contributed by atoms with E-state index in [-0.39, 0.29) is 11.1 Å². The molecule has 0 saturated carbocycles. The Morgan fingerprint density at radius 2 is 1.77 bits per heavy atom. The summed E-state index contributed by atoms with van der Waals surface area (Å²) in [6, 6.07) is 0. The van der Waals surface area contributed by atoms with E-state index in [0.29, 0.717) is 0 Å². The number of carbonyl (C=O) groups is 2. The van der Waals surface area contributed by atoms with Crippen LogP contribution in [0.4, 0.5) is 0 Å². The Morgan fingerprint density at radius 3 is 2.38 bits per heavy atom. The normalized spacial score (nSPS) is 18.6. The monoisotopic (exact) mass is 184 g/mol. The second kappa shape index (κ2) is 3.86. The molecule has 0 aliphatic carbocycles. The van der Waals surface area contributed by atoms with E-state index in [1.165, 1.54) is 13.0 Å². The molecule has 0 atom stereocenters. The van der Waals surface area contributed by atoms with Crippen LogP contribution in [-0.2, 0) is 24.4 Å². The molecular weight excluding hydrogens is 176 g/mol. The first-order valence-corrected chi connectivity index (χ1v) is 3.60. The first-order valence-electron chi connectivity index (χ1n) is 3.60. The van der Waals surface area contributed by atoms with E-state index in [0.717, 1.165) is 0 Å². The molecule has 13 heavy (non-hydrogen) atoms. The van der Waals surface area contributed by atoms with Crippen LogP contribution in [-0.4, -0.2) is 11.9 Å². The first kappa shape index (κ1) is 9.47. The number of hydrogen-bond acceptors (Lipinski definition) is 5. The quantitative estimate of drug-likeness (QED) is 0.564. The van der Waals surface area contributed by atoms with Gasteiger partial charge in [0.2, 0.25) is 0 Å². The summed E-state index contributed by atoms with van der Waals surface area (Å²) in [6.45, 7) is 3.16. The number of carbonyl (C=O) groups excluding carboxylic acids is 2. The maximum absolute atomic E-state index is 11.1. The molecular formula is C8H8O5. The highest BCUT2D eigenvalue weighted by molar-refractivity contribution is 6.02. The Bertz CT molecular complexity index is 300. The van der Waals surface area contributed by atoms with Gasteiger partial charge in [-0.05, 0) is 13.8 Å². The fraction of sp³-hybridized carbons (Fsp3) is 0.250. The van der Waals surface area contributed by atoms with Gasteiger partial charge >= 0.3 is 11.9 Å². The van der Waals surface area contributed by atoms with Crippen LogP contribution in [0.15, 0.2) is 23.3 Å². The summed E-state index contributed by atoms with van der Waals surface area (Å²) >= 11 is 0. The first-order chi connectivity index (χ1) is 6.16. The van der Waals surface area contributed by atoms with Gasteiger partial charge in [0.05, 0.1) is 11.1 Å². The molecule has 70 valence electrons. The molecule has 1 aliphatic heterocycles. The van der Waals surface area contributed by atoms with E-state index >= 15 is 0 Å². The molecule has 0 fully saturated rings. The maximum Gasteiger partial charge on any atom is 0.377 e. The van der Waals surface area contributed by atoms with E-state index in [1.54, 1.807) is 13.0 Å². The van der Waals surface area contributed by atoms with Crippen molar-refractivity contribution in [3.8, 4) is 0 Å². The van der Waals surface area contributed by atoms with Crippen LogP contribution in [0.3, 0.4) is 0 Å². The van der Waals surface area contributed by atoms with Crippen LogP contribution < -0.4 is 0 Å². The number of hydrogen-bond donors (Lipinski definition) is 0. The molecule has 0 N–H and O–H groups in total. The molecule has 1 heterocycles. The highest BCUT2D eigenvalue weighted by Gasteiger charge is 2.24. The standard InChI is InChI=1S/C8H8O5/c1-3-4-6-5(2)7(9)11-13-12-8(6)10/h3-4H,1-2H3/b4-3+. The van der Waals surface area contributed by atoms with Gasteiger partial charge in [-0.2, -0.15) is 0 Å². The second-order valence-electron chi connectivity index (χ2n) is 2.35. The number of allylic oxidation sites excluding steroid dienone is 1. The lowest BCUT2D eigenvalue weighted by atomic mass is 10.1. The summed E-state index contributed by atoms with van der Waals surface area (Å²) in [7, 11) is 0. The van der Waals surface area contributed by atoms with Gasteiger partial charge in [-0.15, -0.1) is 0 Å². The highest BCUT2D eigenvalue weighted by Crippen LogP contribution is 2.14. The zero-order valence-corrected chi connectivity index (χ0v) is 7.20. The Labute approximate surface area is 74.4 Å². The minimum absolute atomic E-state index is 0.130. The third-order valence-corrected chi connectivity index (χ3v) is 1.48. The Kier molecular flexibility index (Phi) is 2.81. The van der Waals surface area contributed by atoms with Crippen molar-refractivity contribution < 1.29 is 24.4 Å². The van der Waals surface area contributed by atoms with Gasteiger partial charge in [0.1, 0.15) is 0 Å². The predicted octanol–water partition coefficient (Wildman–Crippen LogP) is 0.826. The summed E-state index contributed by atoms with van der Waals surface area (Å²) in [4.78, 5) is 30.3. The van der Waals surface area contributed by atoms with Gasteiger partial charge in [0.25, 0.3) is 0 Å². The molecule has 5 nitrogen and oxygen atoms in total. The Morgan fingerprint density at radius 1 is 1.15 bits per heavy atom. The summed E-state index contributed by atoms with van der Waals surface area (Å²) in [5.41, 5.74) is 0.283. The summed E-state index contributed by atoms with van der Waals surface area (Å²) < 4.78 is 0. The molecule has 1 aliphatic rings. The lowest BCUT2D eigenvalue weighted by Crippen LogP contribution is -2.05. The van der Waals surface area contributed by atoms with Crippen molar-refractivity contribution in [2.75, 3.05) is 0 Å². The molecule has 0 saturated heterocycles. The van der Waals surface area contributed by atoms with Gasteiger partial charge < -0.3 is 0 Å². The van der Waals surface area contributed by atoms with E-state index in [2.05, 4.69) is 14.8 Å². The van der Waals surface area contributed by atoms with E-state index in [1.807, 2.05) is 0 Å². The van der Waals surface area contributed by atoms with Gasteiger partial charge in [-0.1, -0.05) is 12.2 Å². The Hall–Kier alpha value is -1.62. The van der Waals surface area contributed by atoms with Crippen molar-refractivity contribution in [1.29, 1.82) is 0 Å². The fourth-order valence-corrected chi connectivity index (χ4v) is 0.809. The maximum atomic E-state index is 11.1. The Balaban J connectivity index is 3.10. The summed E-state index contributed by atoms with van der Waals surface area (Å²) in [5, 5.41) is 3.89. The minimum atomic E-state index is -0.749. The molecule has 0 aromatic heterocycles. The van der Waals surface area contributed by atoms with Crippen molar-refractivity contribution in [3.63, 3.8) is 0 Å². The highest BCUT2D eigenvalue weighted by atomic mass is 17.5. The van der Waals surface area contributed by atoms with Gasteiger partial charge in [0.15, 0.2) is 0 Å². The molecule has 0 amide bonds. The zero-order valence-electron chi connectivity index (χ0n) is 7.20. The van der Waals surface area contributed by atoms with Crippen LogP contribution in [0.5, 0.6) is 0 Å². The zero-order chi connectivity index (χ0) is 9.84. The third kappa shape index (κ3) is 1.94. The molecule has 0 aromatic carbocycles. The van der Waals surface area contributed by atoms with Crippen LogP contribution in [0.25, 0.3) is 0 Å². The van der Waals surface area contributed by atoms with Crippen molar-refractivity contribution >= 4 is 11.9 Å². The third-order valence-electron chi connectivity index (χ3n) is 1.48. The van der Waals surface area contributed by atoms with Crippen molar-refractivity contribution in [2.45, 2.75) is 13.8 Å². The topological polar surface area (TPSA) is 61.8 Å². The average molecular weight is 184 g/mol. The van der Waals surface area contributed by atoms with Crippen molar-refractivity contribution in [3.05, 3.63) is 23.3 Å². The molecule has 5 heteroatoms. The molecule has 0 unspecified atom stereocenters. The van der Waals surface area contributed by atoms with E-state index < -0.39 is 11.9 Å². The van der Waals surface area contributed by atoms with E-state index in [4.69, 9.17) is 0 Å². The summed E-state index contributed by atoms with van der Waals surface area (Å²) in [6.07, 6.45) is 3.06. The molecule has 0 aromatic rings. The van der Waals surface area contributed by atoms with Gasteiger partial charge in [0, 0.05) is 5.04 Å². The summed E-state index contributed by atoms with van der Waals surface area (Å²) in [5.74, 6) is -1.49. The average Bonchev–Trinajstić information content (AvgIpc) is 2.21. The fourth-order valence-electron chi connectivity index (χ4n) is 0.809. The minimum Gasteiger partial charge on any atom is -0.254 e. The van der Waals surface area contributed by atoms with Gasteiger partial charge in [-0.3, -0.25) is 9.78 Å². The molecule has 0 spiro atoms. The van der Waals surface area contributed by atoms with Crippen LogP contribution in [0.1, 0.15) is 13.8 Å². The molecule has 0 radical (unpaired) electrons. The SMILES string of the molecule is C/C=C/C1=C(C)C(=O)OOOC1=O. The van der Waals surface area contributed by atoms with E-state index in [9.17, 15) is 9.59 Å². The van der Waals surface area contributed by atoms with Crippen LogP contribution in [0.2, 0.25) is 0 Å². The molecule has 0 bridgehead atoms. The van der Waals surface area contributed by atoms with Crippen molar-refractivity contribution in [1.82, 2.24) is 0 Å². The van der Waals surface area contributed by atoms with Gasteiger partial charge in [-0.25, -0.2) is 9.59 Å². The number of rotatable bonds is 1.